The number of nitrogens with zero attached hydrogens (tertiary/aromatic N) is 2. The molecule has 0 spiro atoms. The van der Waals surface area contributed by atoms with Gasteiger partial charge in [0.05, 0.1) is 11.9 Å². The molecule has 0 aliphatic rings. The van der Waals surface area contributed by atoms with E-state index in [4.69, 9.17) is 16.3 Å². The number of rotatable bonds is 6. The molecule has 1 N–H and O–H groups in total. The largest absolute Gasteiger partial charge is 0.451 e. The van der Waals surface area contributed by atoms with E-state index in [2.05, 4.69) is 10.4 Å². The average Bonchev–Trinajstić information content (AvgIpc) is 2.80. The highest BCUT2D eigenvalue weighted by Gasteiger charge is 2.19. The highest BCUT2D eigenvalue weighted by molar-refractivity contribution is 6.30. The maximum Gasteiger partial charge on any atom is 0.359 e. The van der Waals surface area contributed by atoms with Crippen molar-refractivity contribution < 1.29 is 14.3 Å². The van der Waals surface area contributed by atoms with Crippen LogP contribution < -0.4 is 10.9 Å². The summed E-state index contributed by atoms with van der Waals surface area (Å²) >= 11 is 5.90. The van der Waals surface area contributed by atoms with E-state index < -0.39 is 18.5 Å². The first-order valence-corrected chi connectivity index (χ1v) is 10.2. The number of carbonyl (C=O) groups is 2. The second-order valence-electron chi connectivity index (χ2n) is 6.98. The van der Waals surface area contributed by atoms with Crippen molar-refractivity contribution in [1.82, 2.24) is 9.78 Å². The molecule has 0 saturated heterocycles. The summed E-state index contributed by atoms with van der Waals surface area (Å²) < 4.78 is 6.41. The fraction of sp³-hybridized carbons (Fsp3) is 0.0833. The van der Waals surface area contributed by atoms with Gasteiger partial charge in [0.1, 0.15) is 0 Å². The zero-order valence-corrected chi connectivity index (χ0v) is 17.6. The summed E-state index contributed by atoms with van der Waals surface area (Å²) in [6.45, 7) is -0.320. The Morgan fingerprint density at radius 1 is 0.938 bits per heavy atom. The molecule has 0 saturated carbocycles. The van der Waals surface area contributed by atoms with E-state index in [1.165, 1.54) is 4.68 Å². The lowest BCUT2D eigenvalue weighted by atomic mass is 10.1. The molecule has 0 unspecified atom stereocenters. The van der Waals surface area contributed by atoms with Crippen LogP contribution in [-0.4, -0.2) is 28.3 Å². The molecule has 0 aliphatic carbocycles. The van der Waals surface area contributed by atoms with Crippen molar-refractivity contribution in [2.45, 2.75) is 6.54 Å². The predicted molar refractivity (Wildman–Crippen MR) is 122 cm³/mol. The van der Waals surface area contributed by atoms with Gasteiger partial charge in [-0.05, 0) is 29.8 Å². The van der Waals surface area contributed by atoms with Gasteiger partial charge in [-0.2, -0.15) is 5.10 Å². The van der Waals surface area contributed by atoms with E-state index in [-0.39, 0.29) is 17.8 Å². The smallest absolute Gasteiger partial charge is 0.359 e. The van der Waals surface area contributed by atoms with Crippen LogP contribution in [0.5, 0.6) is 0 Å². The monoisotopic (exact) mass is 447 g/mol. The number of fused-ring (bicyclic) bond motifs is 1. The number of anilines is 1. The van der Waals surface area contributed by atoms with Gasteiger partial charge in [-0.25, -0.2) is 9.48 Å². The second-order valence-corrected chi connectivity index (χ2v) is 7.41. The molecule has 32 heavy (non-hydrogen) atoms. The van der Waals surface area contributed by atoms with Crippen molar-refractivity contribution in [3.05, 3.63) is 105 Å². The summed E-state index contributed by atoms with van der Waals surface area (Å²) in [5, 5.41) is 8.03. The summed E-state index contributed by atoms with van der Waals surface area (Å²) in [6, 6.07) is 22.6. The average molecular weight is 448 g/mol. The van der Waals surface area contributed by atoms with Crippen LogP contribution in [0.4, 0.5) is 5.69 Å². The van der Waals surface area contributed by atoms with Gasteiger partial charge in [-0.3, -0.25) is 9.59 Å². The number of halogens is 1. The number of hydrogen-bond acceptors (Lipinski definition) is 5. The number of carbonyl (C=O) groups excluding carboxylic acids is 2. The van der Waals surface area contributed by atoms with E-state index in [1.54, 1.807) is 48.5 Å². The molecule has 7 nitrogen and oxygen atoms in total. The quantitative estimate of drug-likeness (QED) is 0.453. The lowest BCUT2D eigenvalue weighted by Gasteiger charge is -2.11. The standard InChI is InChI=1S/C24H18ClN3O4/c25-17-9-6-10-18(13-17)26-21(29)15-32-24(31)22-19-11-4-5-12-20(19)23(30)28(27-22)14-16-7-2-1-3-8-16/h1-13H,14-15H2,(H,26,29). The molecule has 1 amide bonds. The Balaban J connectivity index is 1.57. The van der Waals surface area contributed by atoms with Crippen molar-refractivity contribution >= 4 is 39.9 Å². The molecular formula is C24H18ClN3O4. The van der Waals surface area contributed by atoms with Gasteiger partial charge in [0.15, 0.2) is 12.3 Å². The van der Waals surface area contributed by atoms with Crippen molar-refractivity contribution in [3.63, 3.8) is 0 Å². The van der Waals surface area contributed by atoms with E-state index in [0.717, 1.165) is 5.56 Å². The van der Waals surface area contributed by atoms with Gasteiger partial charge >= 0.3 is 5.97 Å². The Bertz CT molecular complexity index is 1350. The molecule has 3 aromatic carbocycles. The van der Waals surface area contributed by atoms with Crippen LogP contribution in [-0.2, 0) is 16.1 Å². The molecule has 1 heterocycles. The van der Waals surface area contributed by atoms with Gasteiger partial charge in [-0.1, -0.05) is 66.2 Å². The first kappa shape index (κ1) is 21.3. The topological polar surface area (TPSA) is 90.3 Å². The zero-order valence-electron chi connectivity index (χ0n) is 16.8. The molecular weight excluding hydrogens is 430 g/mol. The Labute approximate surface area is 188 Å². The maximum atomic E-state index is 12.9. The number of amides is 1. The molecule has 1 aromatic heterocycles. The van der Waals surface area contributed by atoms with Crippen molar-refractivity contribution in [2.75, 3.05) is 11.9 Å². The van der Waals surface area contributed by atoms with Crippen LogP contribution in [0, 0.1) is 0 Å². The van der Waals surface area contributed by atoms with Gasteiger partial charge < -0.3 is 10.1 Å². The number of nitrogens with one attached hydrogen (secondary N) is 1. The van der Waals surface area contributed by atoms with Crippen molar-refractivity contribution in [1.29, 1.82) is 0 Å². The van der Waals surface area contributed by atoms with Crippen molar-refractivity contribution in [3.8, 4) is 0 Å². The van der Waals surface area contributed by atoms with Crippen LogP contribution in [0.1, 0.15) is 16.1 Å². The van der Waals surface area contributed by atoms with Crippen LogP contribution in [0.25, 0.3) is 10.8 Å². The summed E-state index contributed by atoms with van der Waals surface area (Å²) in [4.78, 5) is 37.8. The third kappa shape index (κ3) is 4.84. The highest BCUT2D eigenvalue weighted by Crippen LogP contribution is 2.16. The van der Waals surface area contributed by atoms with E-state index in [9.17, 15) is 14.4 Å². The fourth-order valence-corrected chi connectivity index (χ4v) is 3.40. The minimum atomic E-state index is -0.802. The number of ether oxygens (including phenoxy) is 1. The van der Waals surface area contributed by atoms with Gasteiger partial charge in [-0.15, -0.1) is 0 Å². The van der Waals surface area contributed by atoms with Crippen LogP contribution in [0.15, 0.2) is 83.7 Å². The molecule has 4 aromatic rings. The Morgan fingerprint density at radius 3 is 2.41 bits per heavy atom. The third-order valence-electron chi connectivity index (χ3n) is 4.68. The van der Waals surface area contributed by atoms with E-state index in [1.807, 2.05) is 30.3 Å². The van der Waals surface area contributed by atoms with E-state index >= 15 is 0 Å². The van der Waals surface area contributed by atoms with Crippen LogP contribution in [0.2, 0.25) is 5.02 Å². The lowest BCUT2D eigenvalue weighted by Crippen LogP contribution is -2.28. The summed E-state index contributed by atoms with van der Waals surface area (Å²) in [6.07, 6.45) is 0. The maximum absolute atomic E-state index is 12.9. The minimum Gasteiger partial charge on any atom is -0.451 e. The van der Waals surface area contributed by atoms with Crippen molar-refractivity contribution in [2.24, 2.45) is 0 Å². The minimum absolute atomic E-state index is 0.0355. The number of benzene rings is 3. The SMILES string of the molecule is O=C(COC(=O)c1nn(Cc2ccccc2)c(=O)c2ccccc12)Nc1cccc(Cl)c1. The summed E-state index contributed by atoms with van der Waals surface area (Å²) in [5.41, 5.74) is 0.988. The first-order chi connectivity index (χ1) is 15.5. The molecule has 160 valence electrons. The van der Waals surface area contributed by atoms with Crippen LogP contribution in [0.3, 0.4) is 0 Å². The molecule has 0 bridgehead atoms. The summed E-state index contributed by atoms with van der Waals surface area (Å²) in [5.74, 6) is -1.33. The third-order valence-corrected chi connectivity index (χ3v) is 4.91. The number of aromatic nitrogens is 2. The fourth-order valence-electron chi connectivity index (χ4n) is 3.21. The van der Waals surface area contributed by atoms with Crippen LogP contribution >= 0.6 is 11.6 Å². The zero-order chi connectivity index (χ0) is 22.5. The Hall–Kier alpha value is -3.97. The number of hydrogen-bond donors (Lipinski definition) is 1. The molecule has 4 rings (SSSR count). The highest BCUT2D eigenvalue weighted by atomic mass is 35.5. The van der Waals surface area contributed by atoms with Gasteiger partial charge in [0, 0.05) is 16.1 Å². The second kappa shape index (κ2) is 9.45. The summed E-state index contributed by atoms with van der Waals surface area (Å²) in [7, 11) is 0. The molecule has 0 aliphatic heterocycles. The molecule has 0 atom stereocenters. The molecule has 8 heteroatoms. The Kier molecular flexibility index (Phi) is 6.28. The molecule has 0 fully saturated rings. The predicted octanol–water partition coefficient (Wildman–Crippen LogP) is 3.89. The van der Waals surface area contributed by atoms with Gasteiger partial charge in [0.2, 0.25) is 0 Å². The normalized spacial score (nSPS) is 10.7. The van der Waals surface area contributed by atoms with Gasteiger partial charge in [0.25, 0.3) is 11.5 Å². The first-order valence-electron chi connectivity index (χ1n) is 9.77. The lowest BCUT2D eigenvalue weighted by molar-refractivity contribution is -0.119. The van der Waals surface area contributed by atoms with E-state index in [0.29, 0.717) is 21.5 Å². The number of esters is 1. The Morgan fingerprint density at radius 2 is 1.66 bits per heavy atom. The molecule has 0 radical (unpaired) electrons.